The molecule has 0 aliphatic carbocycles. The van der Waals surface area contributed by atoms with Gasteiger partial charge >= 0.3 is 52.7 Å². The van der Waals surface area contributed by atoms with Crippen LogP contribution in [-0.2, 0) is 4.79 Å². The lowest BCUT2D eigenvalue weighted by atomic mass is 9.89. The SMILES string of the molecule is O=C(Nc1cccc([N+](=O)[O-])c1)C(F)(F)C(F)(F)C(F)(F)C(F)(F)C(F)(F)C(F)(F)C(F)(F)C(F)(F)Cl. The quantitative estimate of drug-likeness (QED) is 0.139. The van der Waals surface area contributed by atoms with Gasteiger partial charge in [0.15, 0.2) is 0 Å². The van der Waals surface area contributed by atoms with Crippen molar-refractivity contribution in [1.82, 2.24) is 0 Å². The number of nitro benzene ring substituents is 1. The molecule has 0 atom stereocenters. The Bertz CT molecular complexity index is 1060. The third-order valence-corrected chi connectivity index (χ3v) is 4.56. The van der Waals surface area contributed by atoms with Crippen molar-refractivity contribution < 1.29 is 80.0 Å². The average Bonchev–Trinajstić information content (AvgIpc) is 2.72. The molecule has 5 nitrogen and oxygen atoms in total. The molecule has 1 rings (SSSR count). The van der Waals surface area contributed by atoms with Crippen LogP contribution in [0, 0.1) is 10.1 Å². The monoisotopic (exact) mass is 600 g/mol. The standard InChI is InChI=1S/C15H5ClF16N2O3/c16-15(31,32)14(29,30)13(27,28)12(25,26)11(23,24)10(21,22)9(19,20)8(17,18)7(35)33-5-2-1-3-6(4-5)34(36)37/h1-4H,(H,33,35). The summed E-state index contributed by atoms with van der Waals surface area (Å²) in [5, 5.41) is 4.24. The molecule has 0 fully saturated rings. The van der Waals surface area contributed by atoms with Crippen molar-refractivity contribution in [2.45, 2.75) is 46.8 Å². The number of benzene rings is 1. The van der Waals surface area contributed by atoms with E-state index in [1.165, 1.54) is 0 Å². The van der Waals surface area contributed by atoms with Gasteiger partial charge in [-0.05, 0) is 17.7 Å². The van der Waals surface area contributed by atoms with E-state index in [9.17, 15) is 85.2 Å². The number of amides is 1. The highest BCUT2D eigenvalue weighted by Crippen LogP contribution is 2.64. The Morgan fingerprint density at radius 2 is 1.08 bits per heavy atom. The Balaban J connectivity index is 3.58. The number of anilines is 1. The summed E-state index contributed by atoms with van der Waals surface area (Å²) in [7, 11) is 0. The molecule has 1 aromatic rings. The van der Waals surface area contributed by atoms with Crippen molar-refractivity contribution in [3.8, 4) is 0 Å². The highest BCUT2D eigenvalue weighted by Gasteiger charge is 2.95. The molecule has 0 saturated heterocycles. The van der Waals surface area contributed by atoms with Crippen molar-refractivity contribution >= 4 is 28.9 Å². The van der Waals surface area contributed by atoms with Crippen LogP contribution in [0.15, 0.2) is 24.3 Å². The van der Waals surface area contributed by atoms with Crippen LogP contribution in [0.3, 0.4) is 0 Å². The molecular formula is C15H5ClF16N2O3. The van der Waals surface area contributed by atoms with Crippen LogP contribution in [0.5, 0.6) is 0 Å². The van der Waals surface area contributed by atoms with E-state index in [1.807, 2.05) is 0 Å². The molecule has 0 aliphatic heterocycles. The molecule has 0 bridgehead atoms. The maximum absolute atomic E-state index is 13.8. The molecule has 0 saturated carbocycles. The fourth-order valence-corrected chi connectivity index (χ4v) is 2.33. The number of nitro groups is 1. The van der Waals surface area contributed by atoms with E-state index in [4.69, 9.17) is 0 Å². The first-order valence-electron chi connectivity index (χ1n) is 8.33. The minimum Gasteiger partial charge on any atom is -0.320 e. The number of nitrogens with one attached hydrogen (secondary N) is 1. The molecule has 0 radical (unpaired) electrons. The normalized spacial score (nSPS) is 14.9. The predicted molar refractivity (Wildman–Crippen MR) is 87.2 cm³/mol. The van der Waals surface area contributed by atoms with Crippen molar-refractivity contribution in [3.63, 3.8) is 0 Å². The van der Waals surface area contributed by atoms with Crippen molar-refractivity contribution in [1.29, 1.82) is 0 Å². The van der Waals surface area contributed by atoms with Crippen molar-refractivity contribution in [2.24, 2.45) is 0 Å². The minimum atomic E-state index is -8.71. The minimum absolute atomic E-state index is 0.113. The largest absolute Gasteiger partial charge is 0.393 e. The summed E-state index contributed by atoms with van der Waals surface area (Å²) in [6.45, 7) is 0. The van der Waals surface area contributed by atoms with Crippen LogP contribution in [0.1, 0.15) is 0 Å². The van der Waals surface area contributed by atoms with Gasteiger partial charge in [0.25, 0.3) is 5.69 Å². The number of halogens is 17. The first-order chi connectivity index (χ1) is 16.1. The zero-order chi connectivity index (χ0) is 29.8. The van der Waals surface area contributed by atoms with Gasteiger partial charge < -0.3 is 5.32 Å². The van der Waals surface area contributed by atoms with Gasteiger partial charge in [0.1, 0.15) is 0 Å². The molecule has 1 aromatic carbocycles. The predicted octanol–water partition coefficient (Wildman–Crippen LogP) is 6.81. The Morgan fingerprint density at radius 1 is 0.703 bits per heavy atom. The number of carbonyl (C=O) groups is 1. The Kier molecular flexibility index (Phi) is 7.79. The number of alkyl halides is 17. The third kappa shape index (κ3) is 4.58. The fraction of sp³-hybridized carbons (Fsp3) is 0.533. The number of nitrogens with zero attached hydrogens (tertiary/aromatic N) is 1. The molecule has 0 aromatic heterocycles. The zero-order valence-corrected chi connectivity index (χ0v) is 17.2. The zero-order valence-electron chi connectivity index (χ0n) is 16.4. The van der Waals surface area contributed by atoms with Crippen LogP contribution in [0.2, 0.25) is 0 Å². The molecule has 0 spiro atoms. The summed E-state index contributed by atoms with van der Waals surface area (Å²) >= 11 is 3.40. The second kappa shape index (κ2) is 8.93. The van der Waals surface area contributed by atoms with Crippen LogP contribution in [0.4, 0.5) is 81.6 Å². The molecule has 0 aliphatic rings. The van der Waals surface area contributed by atoms with Crippen LogP contribution < -0.4 is 5.32 Å². The first kappa shape index (κ1) is 32.3. The highest BCUT2D eigenvalue weighted by molar-refractivity contribution is 6.22. The molecule has 212 valence electrons. The van der Waals surface area contributed by atoms with Crippen molar-refractivity contribution in [3.05, 3.63) is 34.4 Å². The van der Waals surface area contributed by atoms with E-state index in [-0.39, 0.29) is 6.07 Å². The molecule has 1 N–H and O–H groups in total. The van der Waals surface area contributed by atoms with E-state index < -0.39 is 69.0 Å². The van der Waals surface area contributed by atoms with E-state index in [1.54, 1.807) is 0 Å². The summed E-state index contributed by atoms with van der Waals surface area (Å²) in [6, 6.07) is 1.68. The Labute approximate surface area is 196 Å². The number of rotatable bonds is 10. The number of carbonyl (C=O) groups excluding carboxylic acids is 1. The summed E-state index contributed by atoms with van der Waals surface area (Å²) in [6.07, 6.45) is 0. The smallest absolute Gasteiger partial charge is 0.320 e. The van der Waals surface area contributed by atoms with Gasteiger partial charge in [0.2, 0.25) is 0 Å². The summed E-state index contributed by atoms with van der Waals surface area (Å²) in [5.41, 5.74) is -2.34. The summed E-state index contributed by atoms with van der Waals surface area (Å²) in [5.74, 6) is -61.4. The lowest BCUT2D eigenvalue weighted by molar-refractivity contribution is -0.445. The van der Waals surface area contributed by atoms with Gasteiger partial charge in [-0.1, -0.05) is 6.07 Å². The Hall–Kier alpha value is -2.74. The lowest BCUT2D eigenvalue weighted by Gasteiger charge is -2.42. The maximum atomic E-state index is 13.8. The number of non-ortho nitro benzene ring substituents is 1. The Morgan fingerprint density at radius 3 is 1.46 bits per heavy atom. The van der Waals surface area contributed by atoms with Gasteiger partial charge in [-0.2, -0.15) is 70.2 Å². The average molecular weight is 601 g/mol. The van der Waals surface area contributed by atoms with E-state index in [0.717, 1.165) is 0 Å². The number of hydrogen-bond acceptors (Lipinski definition) is 3. The van der Waals surface area contributed by atoms with Gasteiger partial charge in [-0.15, -0.1) is 0 Å². The van der Waals surface area contributed by atoms with Crippen molar-refractivity contribution in [2.75, 3.05) is 5.32 Å². The summed E-state index contributed by atoms with van der Waals surface area (Å²) < 4.78 is 214. The van der Waals surface area contributed by atoms with Gasteiger partial charge in [-0.3, -0.25) is 14.9 Å². The van der Waals surface area contributed by atoms with Crippen LogP contribution in [-0.4, -0.2) is 57.7 Å². The van der Waals surface area contributed by atoms with Gasteiger partial charge in [0.05, 0.1) is 4.92 Å². The van der Waals surface area contributed by atoms with Crippen LogP contribution in [0.25, 0.3) is 0 Å². The van der Waals surface area contributed by atoms with E-state index in [0.29, 0.717) is 23.5 Å². The number of hydrogen-bond donors (Lipinski definition) is 1. The van der Waals surface area contributed by atoms with E-state index in [2.05, 4.69) is 11.6 Å². The molecule has 37 heavy (non-hydrogen) atoms. The molecule has 1 amide bonds. The maximum Gasteiger partial charge on any atom is 0.393 e. The third-order valence-electron chi connectivity index (χ3n) is 4.32. The van der Waals surface area contributed by atoms with Crippen LogP contribution >= 0.6 is 11.6 Å². The van der Waals surface area contributed by atoms with E-state index >= 15 is 0 Å². The second-order valence-electron chi connectivity index (χ2n) is 6.78. The lowest BCUT2D eigenvalue weighted by Crippen LogP contribution is -2.75. The first-order valence-corrected chi connectivity index (χ1v) is 8.70. The molecule has 0 heterocycles. The molecular weight excluding hydrogens is 596 g/mol. The van der Waals surface area contributed by atoms with Gasteiger partial charge in [-0.25, -0.2) is 0 Å². The topological polar surface area (TPSA) is 72.2 Å². The highest BCUT2D eigenvalue weighted by atomic mass is 35.5. The molecule has 22 heteroatoms. The second-order valence-corrected chi connectivity index (χ2v) is 7.25. The van der Waals surface area contributed by atoms with Gasteiger partial charge in [0, 0.05) is 17.8 Å². The molecule has 0 unspecified atom stereocenters. The summed E-state index contributed by atoms with van der Waals surface area (Å²) in [4.78, 5) is 20.7. The fourth-order valence-electron chi connectivity index (χ4n) is 2.21.